The molecule has 1 aliphatic heterocycles. The van der Waals surface area contributed by atoms with Crippen LogP contribution >= 0.6 is 0 Å². The maximum atomic E-state index is 12.1. The summed E-state index contributed by atoms with van der Waals surface area (Å²) in [6.07, 6.45) is 2.77. The first-order valence-electron chi connectivity index (χ1n) is 6.35. The highest BCUT2D eigenvalue weighted by atomic mass is 16.5. The van der Waals surface area contributed by atoms with Crippen molar-refractivity contribution in [2.45, 2.75) is 44.2 Å². The second-order valence-corrected chi connectivity index (χ2v) is 4.62. The monoisotopic (exact) mass is 244 g/mol. The van der Waals surface area contributed by atoms with Crippen molar-refractivity contribution >= 4 is 5.91 Å². The van der Waals surface area contributed by atoms with E-state index in [0.29, 0.717) is 19.6 Å². The Labute approximate surface area is 103 Å². The molecule has 0 bridgehead atoms. The summed E-state index contributed by atoms with van der Waals surface area (Å²) in [5.41, 5.74) is -0.383. The van der Waals surface area contributed by atoms with E-state index in [1.807, 2.05) is 6.92 Å². The Morgan fingerprint density at radius 3 is 2.94 bits per heavy atom. The third kappa shape index (κ3) is 3.94. The van der Waals surface area contributed by atoms with Gasteiger partial charge in [0.2, 0.25) is 5.91 Å². The van der Waals surface area contributed by atoms with Crippen LogP contribution < -0.4 is 10.6 Å². The van der Waals surface area contributed by atoms with Gasteiger partial charge >= 0.3 is 0 Å². The van der Waals surface area contributed by atoms with Crippen molar-refractivity contribution in [3.8, 4) is 0 Å². The third-order valence-corrected chi connectivity index (χ3v) is 3.40. The Hall–Kier alpha value is -0.650. The van der Waals surface area contributed by atoms with E-state index < -0.39 is 6.10 Å². The largest absolute Gasteiger partial charge is 0.391 e. The predicted molar refractivity (Wildman–Crippen MR) is 65.8 cm³/mol. The van der Waals surface area contributed by atoms with Gasteiger partial charge in [0, 0.05) is 13.7 Å². The second-order valence-electron chi connectivity index (χ2n) is 4.62. The van der Waals surface area contributed by atoms with E-state index >= 15 is 0 Å². The van der Waals surface area contributed by atoms with E-state index in [4.69, 9.17) is 4.74 Å². The first kappa shape index (κ1) is 14.4. The fourth-order valence-electron chi connectivity index (χ4n) is 2.26. The van der Waals surface area contributed by atoms with Gasteiger partial charge in [-0.2, -0.15) is 0 Å². The van der Waals surface area contributed by atoms with Gasteiger partial charge in [0.05, 0.1) is 18.2 Å². The average Bonchev–Trinajstić information content (AvgIpc) is 2.79. The fourth-order valence-corrected chi connectivity index (χ4v) is 2.26. The van der Waals surface area contributed by atoms with E-state index in [0.717, 1.165) is 25.8 Å². The van der Waals surface area contributed by atoms with Crippen molar-refractivity contribution in [2.75, 3.05) is 26.8 Å². The zero-order valence-corrected chi connectivity index (χ0v) is 10.8. The van der Waals surface area contributed by atoms with E-state index in [1.165, 1.54) is 0 Å². The highest BCUT2D eigenvalue weighted by Crippen LogP contribution is 2.22. The molecular weight excluding hydrogens is 220 g/mol. The summed E-state index contributed by atoms with van der Waals surface area (Å²) in [6.45, 7) is 3.74. The fraction of sp³-hybridized carbons (Fsp3) is 0.917. The predicted octanol–water partition coefficient (Wildman–Crippen LogP) is 0.0322. The summed E-state index contributed by atoms with van der Waals surface area (Å²) in [5.74, 6) is 0.0575. The third-order valence-electron chi connectivity index (χ3n) is 3.40. The molecule has 17 heavy (non-hydrogen) atoms. The molecular formula is C12H24N2O3. The van der Waals surface area contributed by atoms with E-state index in [9.17, 15) is 9.90 Å². The van der Waals surface area contributed by atoms with Crippen molar-refractivity contribution in [3.63, 3.8) is 0 Å². The Bertz CT molecular complexity index is 240. The van der Waals surface area contributed by atoms with Crippen LogP contribution in [0.2, 0.25) is 0 Å². The minimum Gasteiger partial charge on any atom is -0.391 e. The lowest BCUT2D eigenvalue weighted by Crippen LogP contribution is -2.53. The van der Waals surface area contributed by atoms with Gasteiger partial charge in [-0.05, 0) is 32.2 Å². The molecule has 0 saturated carbocycles. The molecule has 1 amide bonds. The van der Waals surface area contributed by atoms with Crippen molar-refractivity contribution in [1.29, 1.82) is 0 Å². The Kier molecular flexibility index (Phi) is 5.88. The molecule has 5 nitrogen and oxygen atoms in total. The quantitative estimate of drug-likeness (QED) is 0.591. The van der Waals surface area contributed by atoms with E-state index in [1.54, 1.807) is 7.11 Å². The molecule has 0 aromatic carbocycles. The molecule has 0 radical (unpaired) electrons. The van der Waals surface area contributed by atoms with E-state index in [2.05, 4.69) is 10.6 Å². The Morgan fingerprint density at radius 2 is 2.41 bits per heavy atom. The van der Waals surface area contributed by atoms with Crippen molar-refractivity contribution in [1.82, 2.24) is 10.6 Å². The molecule has 1 rings (SSSR count). The lowest BCUT2D eigenvalue weighted by molar-refractivity contribution is -0.127. The van der Waals surface area contributed by atoms with Gasteiger partial charge in [-0.3, -0.25) is 4.79 Å². The number of ether oxygens (including phenoxy) is 1. The summed E-state index contributed by atoms with van der Waals surface area (Å²) in [4.78, 5) is 12.1. The number of carbonyl (C=O) groups excluding carboxylic acids is 1. The van der Waals surface area contributed by atoms with Gasteiger partial charge in [0.15, 0.2) is 0 Å². The van der Waals surface area contributed by atoms with Crippen molar-refractivity contribution in [3.05, 3.63) is 0 Å². The number of nitrogens with one attached hydrogen (secondary N) is 2. The van der Waals surface area contributed by atoms with Crippen LogP contribution in [0.25, 0.3) is 0 Å². The summed E-state index contributed by atoms with van der Waals surface area (Å²) in [6, 6.07) is 0. The Morgan fingerprint density at radius 1 is 1.65 bits per heavy atom. The summed E-state index contributed by atoms with van der Waals surface area (Å²) in [7, 11) is 1.55. The normalized spacial score (nSPS) is 25.8. The Balaban J connectivity index is 2.28. The van der Waals surface area contributed by atoms with Crippen LogP contribution in [0.5, 0.6) is 0 Å². The van der Waals surface area contributed by atoms with Gasteiger partial charge in [0.1, 0.15) is 0 Å². The standard InChI is InChI=1S/C12H24N2O3/c1-3-12(6-4-7-14-12)11(16)13-8-5-10(15)9-17-2/h10,14-15H,3-9H2,1-2H3,(H,13,16). The summed E-state index contributed by atoms with van der Waals surface area (Å²) in [5, 5.41) is 15.6. The maximum absolute atomic E-state index is 12.1. The zero-order chi connectivity index (χ0) is 12.7. The average molecular weight is 244 g/mol. The highest BCUT2D eigenvalue weighted by molar-refractivity contribution is 5.86. The van der Waals surface area contributed by atoms with Crippen LogP contribution in [0.3, 0.4) is 0 Å². The molecule has 1 heterocycles. The highest BCUT2D eigenvalue weighted by Gasteiger charge is 2.38. The first-order valence-corrected chi connectivity index (χ1v) is 6.35. The number of carbonyl (C=O) groups is 1. The molecule has 1 fully saturated rings. The number of methoxy groups -OCH3 is 1. The van der Waals surface area contributed by atoms with Crippen molar-refractivity contribution in [2.24, 2.45) is 0 Å². The van der Waals surface area contributed by atoms with Gasteiger partial charge in [0.25, 0.3) is 0 Å². The molecule has 1 saturated heterocycles. The molecule has 100 valence electrons. The number of hydrogen-bond donors (Lipinski definition) is 3. The lowest BCUT2D eigenvalue weighted by Gasteiger charge is -2.26. The molecule has 2 unspecified atom stereocenters. The minimum atomic E-state index is -0.505. The van der Waals surface area contributed by atoms with Gasteiger partial charge in [-0.15, -0.1) is 0 Å². The number of aliphatic hydroxyl groups is 1. The SMILES string of the molecule is CCC1(C(=O)NCCC(O)COC)CCCN1. The van der Waals surface area contributed by atoms with Crippen LogP contribution in [0, 0.1) is 0 Å². The van der Waals surface area contributed by atoms with Crippen LogP contribution in [0.1, 0.15) is 32.6 Å². The molecule has 3 N–H and O–H groups in total. The van der Waals surface area contributed by atoms with Crippen LogP contribution in [0.4, 0.5) is 0 Å². The van der Waals surface area contributed by atoms with Crippen LogP contribution in [0.15, 0.2) is 0 Å². The number of amides is 1. The molecule has 2 atom stereocenters. The maximum Gasteiger partial charge on any atom is 0.240 e. The van der Waals surface area contributed by atoms with Gasteiger partial charge < -0.3 is 20.5 Å². The molecule has 0 aliphatic carbocycles. The van der Waals surface area contributed by atoms with Crippen LogP contribution in [-0.2, 0) is 9.53 Å². The lowest BCUT2D eigenvalue weighted by atomic mass is 9.93. The number of hydrogen-bond acceptors (Lipinski definition) is 4. The van der Waals surface area contributed by atoms with Crippen LogP contribution in [-0.4, -0.2) is 49.5 Å². The molecule has 5 heteroatoms. The molecule has 0 aromatic rings. The topological polar surface area (TPSA) is 70.6 Å². The number of rotatable bonds is 7. The van der Waals surface area contributed by atoms with Gasteiger partial charge in [-0.1, -0.05) is 6.92 Å². The molecule has 0 spiro atoms. The smallest absolute Gasteiger partial charge is 0.240 e. The van der Waals surface area contributed by atoms with Crippen molar-refractivity contribution < 1.29 is 14.6 Å². The number of aliphatic hydroxyl groups excluding tert-OH is 1. The summed E-state index contributed by atoms with van der Waals surface area (Å²) < 4.78 is 4.83. The van der Waals surface area contributed by atoms with E-state index in [-0.39, 0.29) is 11.4 Å². The first-order chi connectivity index (χ1) is 8.14. The minimum absolute atomic E-state index is 0.0575. The molecule has 0 aromatic heterocycles. The summed E-state index contributed by atoms with van der Waals surface area (Å²) >= 11 is 0. The van der Waals surface area contributed by atoms with Gasteiger partial charge in [-0.25, -0.2) is 0 Å². The zero-order valence-electron chi connectivity index (χ0n) is 10.8. The second kappa shape index (κ2) is 6.93. The molecule has 1 aliphatic rings.